The van der Waals surface area contributed by atoms with Gasteiger partial charge in [0.2, 0.25) is 0 Å². The average Bonchev–Trinajstić information content (AvgIpc) is 2.50. The highest BCUT2D eigenvalue weighted by molar-refractivity contribution is 7.98. The minimum Gasteiger partial charge on any atom is -0.316 e. The van der Waals surface area contributed by atoms with Crippen LogP contribution in [0.1, 0.15) is 18.3 Å². The first-order chi connectivity index (χ1) is 7.29. The number of aryl methyl sites for hydroxylation is 2. The minimum atomic E-state index is 0.897. The highest BCUT2D eigenvalue weighted by Crippen LogP contribution is 2.18. The Kier molecular flexibility index (Phi) is 3.70. The highest BCUT2D eigenvalue weighted by atomic mass is 32.2. The number of hydrogen-bond acceptors (Lipinski definition) is 3. The fourth-order valence-corrected chi connectivity index (χ4v) is 2.91. The van der Waals surface area contributed by atoms with Gasteiger partial charge in [-0.25, -0.2) is 0 Å². The number of aromatic nitrogens is 2. The number of rotatable bonds is 5. The molecule has 3 nitrogen and oxygen atoms in total. The summed E-state index contributed by atoms with van der Waals surface area (Å²) in [7, 11) is 0. The largest absolute Gasteiger partial charge is 0.316 e. The lowest BCUT2D eigenvalue weighted by Crippen LogP contribution is -2.43. The quantitative estimate of drug-likeness (QED) is 0.826. The zero-order chi connectivity index (χ0) is 10.7. The Morgan fingerprint density at radius 1 is 1.60 bits per heavy atom. The van der Waals surface area contributed by atoms with Gasteiger partial charge < -0.3 is 5.32 Å². The topological polar surface area (TPSA) is 29.9 Å². The van der Waals surface area contributed by atoms with Crippen LogP contribution in [0.5, 0.6) is 0 Å². The van der Waals surface area contributed by atoms with Gasteiger partial charge >= 0.3 is 0 Å². The van der Waals surface area contributed by atoms with Gasteiger partial charge in [0.25, 0.3) is 0 Å². The van der Waals surface area contributed by atoms with Crippen molar-refractivity contribution >= 4 is 11.8 Å². The van der Waals surface area contributed by atoms with E-state index in [-0.39, 0.29) is 0 Å². The lowest BCUT2D eigenvalue weighted by atomic mass is 10.1. The normalized spacial score (nSPS) is 16.7. The molecule has 0 saturated carbocycles. The molecule has 15 heavy (non-hydrogen) atoms. The molecule has 1 N–H and O–H groups in total. The third-order valence-electron chi connectivity index (χ3n) is 2.75. The molecule has 1 aromatic rings. The van der Waals surface area contributed by atoms with Crippen LogP contribution >= 0.6 is 11.8 Å². The maximum atomic E-state index is 4.45. The van der Waals surface area contributed by atoms with Crippen molar-refractivity contribution in [3.8, 4) is 0 Å². The van der Waals surface area contributed by atoms with Crippen molar-refractivity contribution in [1.29, 1.82) is 0 Å². The third-order valence-corrected chi connectivity index (χ3v) is 3.96. The minimum absolute atomic E-state index is 0.897. The van der Waals surface area contributed by atoms with Crippen molar-refractivity contribution in [3.05, 3.63) is 17.5 Å². The number of nitrogens with one attached hydrogen (secondary N) is 1. The van der Waals surface area contributed by atoms with E-state index in [1.54, 1.807) is 0 Å². The van der Waals surface area contributed by atoms with Gasteiger partial charge in [0, 0.05) is 18.0 Å². The predicted octanol–water partition coefficient (Wildman–Crippen LogP) is 1.66. The number of nitrogens with zero attached hydrogens (tertiary/aromatic N) is 2. The lowest BCUT2D eigenvalue weighted by molar-refractivity contribution is 0.385. The average molecular weight is 225 g/mol. The molecule has 1 saturated heterocycles. The molecule has 0 amide bonds. The zero-order valence-electron chi connectivity index (χ0n) is 9.49. The molecule has 0 spiro atoms. The van der Waals surface area contributed by atoms with E-state index in [2.05, 4.69) is 35.0 Å². The van der Waals surface area contributed by atoms with Gasteiger partial charge in [-0.2, -0.15) is 16.9 Å². The first kappa shape index (κ1) is 11.0. The van der Waals surface area contributed by atoms with Gasteiger partial charge in [0.1, 0.15) is 0 Å². The van der Waals surface area contributed by atoms with Gasteiger partial charge in [-0.1, -0.05) is 0 Å². The van der Waals surface area contributed by atoms with Crippen molar-refractivity contribution in [1.82, 2.24) is 15.1 Å². The van der Waals surface area contributed by atoms with Gasteiger partial charge in [-0.3, -0.25) is 4.68 Å². The summed E-state index contributed by atoms with van der Waals surface area (Å²) in [4.78, 5) is 0. The summed E-state index contributed by atoms with van der Waals surface area (Å²) in [6.45, 7) is 7.61. The summed E-state index contributed by atoms with van der Waals surface area (Å²) >= 11 is 2.03. The first-order valence-electron chi connectivity index (χ1n) is 5.61. The van der Waals surface area contributed by atoms with E-state index < -0.39 is 0 Å². The maximum absolute atomic E-state index is 4.45. The van der Waals surface area contributed by atoms with Crippen LogP contribution in [0.3, 0.4) is 0 Å². The second kappa shape index (κ2) is 5.03. The molecule has 0 aliphatic carbocycles. The molecule has 1 fully saturated rings. The molecule has 4 heteroatoms. The van der Waals surface area contributed by atoms with Crippen molar-refractivity contribution in [2.75, 3.05) is 18.8 Å². The Morgan fingerprint density at radius 2 is 2.40 bits per heavy atom. The van der Waals surface area contributed by atoms with Crippen LogP contribution in [-0.4, -0.2) is 28.6 Å². The van der Waals surface area contributed by atoms with Crippen molar-refractivity contribution in [2.45, 2.75) is 26.1 Å². The summed E-state index contributed by atoms with van der Waals surface area (Å²) in [6, 6.07) is 2.20. The van der Waals surface area contributed by atoms with Crippen LogP contribution in [0.15, 0.2) is 6.07 Å². The third kappa shape index (κ3) is 2.75. The smallest absolute Gasteiger partial charge is 0.0596 e. The summed E-state index contributed by atoms with van der Waals surface area (Å²) in [6.07, 6.45) is 0. The Hall–Kier alpha value is -0.480. The van der Waals surface area contributed by atoms with E-state index in [4.69, 9.17) is 0 Å². The van der Waals surface area contributed by atoms with Crippen LogP contribution in [0.2, 0.25) is 0 Å². The molecule has 1 aliphatic heterocycles. The molecule has 0 radical (unpaired) electrons. The Balaban J connectivity index is 1.80. The van der Waals surface area contributed by atoms with Gasteiger partial charge in [0.05, 0.1) is 5.69 Å². The van der Waals surface area contributed by atoms with E-state index in [0.29, 0.717) is 0 Å². The van der Waals surface area contributed by atoms with E-state index in [0.717, 1.165) is 23.9 Å². The fourth-order valence-electron chi connectivity index (χ4n) is 1.79. The van der Waals surface area contributed by atoms with Crippen molar-refractivity contribution in [2.24, 2.45) is 5.92 Å². The predicted molar refractivity (Wildman–Crippen MR) is 65.2 cm³/mol. The molecule has 84 valence electrons. The molecule has 2 rings (SSSR count). The Bertz CT molecular complexity index is 318. The number of thioether (sulfide) groups is 1. The Morgan fingerprint density at radius 3 is 3.00 bits per heavy atom. The first-order valence-corrected chi connectivity index (χ1v) is 6.77. The van der Waals surface area contributed by atoms with Gasteiger partial charge in [-0.05, 0) is 44.7 Å². The molecule has 2 heterocycles. The molecule has 0 atom stereocenters. The molecule has 0 unspecified atom stereocenters. The van der Waals surface area contributed by atoms with Crippen LogP contribution in [-0.2, 0) is 12.3 Å². The van der Waals surface area contributed by atoms with Crippen molar-refractivity contribution in [3.63, 3.8) is 0 Å². The van der Waals surface area contributed by atoms with Crippen LogP contribution in [0, 0.1) is 12.8 Å². The molecular weight excluding hydrogens is 206 g/mol. The summed E-state index contributed by atoms with van der Waals surface area (Å²) in [5, 5.41) is 7.76. The van der Waals surface area contributed by atoms with E-state index in [1.165, 1.54) is 24.5 Å². The zero-order valence-corrected chi connectivity index (χ0v) is 10.3. The van der Waals surface area contributed by atoms with Gasteiger partial charge in [0.15, 0.2) is 0 Å². The van der Waals surface area contributed by atoms with Crippen LogP contribution in [0.4, 0.5) is 0 Å². The van der Waals surface area contributed by atoms with E-state index >= 15 is 0 Å². The van der Waals surface area contributed by atoms with Crippen LogP contribution < -0.4 is 5.32 Å². The SMILES string of the molecule is CCn1nc(C)cc1CSCC1CNC1. The molecule has 1 aromatic heterocycles. The highest BCUT2D eigenvalue weighted by Gasteiger charge is 2.16. The second-order valence-corrected chi connectivity index (χ2v) is 5.16. The maximum Gasteiger partial charge on any atom is 0.0596 e. The lowest BCUT2D eigenvalue weighted by Gasteiger charge is -2.26. The van der Waals surface area contributed by atoms with E-state index in [1.807, 2.05) is 11.8 Å². The Labute approximate surface area is 95.6 Å². The molecule has 1 aliphatic rings. The fraction of sp³-hybridized carbons (Fsp3) is 0.727. The molecule has 0 bridgehead atoms. The summed E-state index contributed by atoms with van der Waals surface area (Å²) in [5.74, 6) is 3.28. The van der Waals surface area contributed by atoms with Gasteiger partial charge in [-0.15, -0.1) is 0 Å². The molecule has 0 aromatic carbocycles. The molecular formula is C11H19N3S. The summed E-state index contributed by atoms with van der Waals surface area (Å²) in [5.41, 5.74) is 2.50. The standard InChI is InChI=1S/C11H19N3S/c1-3-14-11(4-9(2)13-14)8-15-7-10-5-12-6-10/h4,10,12H,3,5-8H2,1-2H3. The number of hydrogen-bond donors (Lipinski definition) is 1. The van der Waals surface area contributed by atoms with E-state index in [9.17, 15) is 0 Å². The second-order valence-electron chi connectivity index (χ2n) is 4.13. The monoisotopic (exact) mass is 225 g/mol. The van der Waals surface area contributed by atoms with Crippen LogP contribution in [0.25, 0.3) is 0 Å². The van der Waals surface area contributed by atoms with Crippen molar-refractivity contribution < 1.29 is 0 Å². The summed E-state index contributed by atoms with van der Waals surface area (Å²) < 4.78 is 2.11.